The first-order valence-corrected chi connectivity index (χ1v) is 5.73. The Labute approximate surface area is 96.5 Å². The third-order valence-electron chi connectivity index (χ3n) is 1.96. The number of imidazole rings is 1. The summed E-state index contributed by atoms with van der Waals surface area (Å²) >= 11 is 1.45. The molecule has 16 heavy (non-hydrogen) atoms. The Morgan fingerprint density at radius 1 is 1.50 bits per heavy atom. The lowest BCUT2D eigenvalue weighted by atomic mass is 10.4. The van der Waals surface area contributed by atoms with Crippen molar-refractivity contribution in [1.82, 2.24) is 19.9 Å². The smallest absolute Gasteiger partial charge is 0.181 e. The molecule has 2 rings (SSSR count). The molecule has 2 heterocycles. The first kappa shape index (κ1) is 11.3. The molecular formula is C9H12N4O2S. The minimum atomic E-state index is -0.497. The van der Waals surface area contributed by atoms with Crippen LogP contribution < -0.4 is 0 Å². The molecule has 0 aliphatic rings. The number of nitrogens with zero attached hydrogens (tertiary/aromatic N) is 3. The number of aromatic amines is 1. The number of rotatable bonds is 5. The van der Waals surface area contributed by atoms with E-state index in [2.05, 4.69) is 19.9 Å². The van der Waals surface area contributed by atoms with Crippen molar-refractivity contribution in [3.05, 3.63) is 12.7 Å². The van der Waals surface area contributed by atoms with Crippen molar-refractivity contribution in [2.45, 2.75) is 11.1 Å². The lowest BCUT2D eigenvalue weighted by Gasteiger charge is -2.08. The molecule has 1 unspecified atom stereocenters. The Morgan fingerprint density at radius 2 is 2.38 bits per heavy atom. The number of fused-ring (bicyclic) bond motifs is 1. The summed E-state index contributed by atoms with van der Waals surface area (Å²) in [4.78, 5) is 15.2. The highest BCUT2D eigenvalue weighted by atomic mass is 32.2. The molecule has 86 valence electrons. The van der Waals surface area contributed by atoms with E-state index in [-0.39, 0.29) is 0 Å². The molecule has 0 fully saturated rings. The maximum atomic E-state index is 9.52. The Kier molecular flexibility index (Phi) is 3.70. The predicted molar refractivity (Wildman–Crippen MR) is 60.3 cm³/mol. The van der Waals surface area contributed by atoms with Crippen LogP contribution in [0.2, 0.25) is 0 Å². The van der Waals surface area contributed by atoms with E-state index in [0.717, 1.165) is 10.5 Å². The second kappa shape index (κ2) is 5.24. The molecule has 2 N–H and O–H groups in total. The maximum Gasteiger partial charge on any atom is 0.181 e. The lowest BCUT2D eigenvalue weighted by molar-refractivity contribution is 0.0794. The molecule has 2 aromatic rings. The van der Waals surface area contributed by atoms with Gasteiger partial charge >= 0.3 is 0 Å². The minimum absolute atomic E-state index is 0.324. The summed E-state index contributed by atoms with van der Waals surface area (Å²) in [6.07, 6.45) is 2.55. The van der Waals surface area contributed by atoms with E-state index in [9.17, 15) is 5.11 Å². The quantitative estimate of drug-likeness (QED) is 0.583. The van der Waals surface area contributed by atoms with Crippen LogP contribution >= 0.6 is 11.8 Å². The largest absolute Gasteiger partial charge is 0.390 e. The molecular weight excluding hydrogens is 228 g/mol. The van der Waals surface area contributed by atoms with Crippen molar-refractivity contribution >= 4 is 22.9 Å². The zero-order chi connectivity index (χ0) is 11.4. The summed E-state index contributed by atoms with van der Waals surface area (Å²) in [6, 6.07) is 0. The number of aliphatic hydroxyl groups is 1. The van der Waals surface area contributed by atoms with Gasteiger partial charge in [0, 0.05) is 12.9 Å². The van der Waals surface area contributed by atoms with Gasteiger partial charge in [-0.1, -0.05) is 0 Å². The first-order valence-electron chi connectivity index (χ1n) is 4.75. The van der Waals surface area contributed by atoms with Gasteiger partial charge in [-0.05, 0) is 0 Å². The zero-order valence-electron chi connectivity index (χ0n) is 8.75. The molecule has 6 nitrogen and oxygen atoms in total. The number of hydrogen-bond acceptors (Lipinski definition) is 6. The molecule has 7 heteroatoms. The molecule has 2 aromatic heterocycles. The number of aromatic nitrogens is 4. The van der Waals surface area contributed by atoms with Gasteiger partial charge in [0.25, 0.3) is 0 Å². The standard InChI is InChI=1S/C9H12N4O2S/c1-15-2-6(14)3-16-9-7-8(11-4-10-7)12-5-13-9/h4-6,14H,2-3H2,1H3,(H,10,11,12,13). The van der Waals surface area contributed by atoms with Crippen LogP contribution in [-0.2, 0) is 4.74 Å². The molecule has 0 aliphatic heterocycles. The number of hydrogen-bond donors (Lipinski definition) is 2. The average Bonchev–Trinajstić information content (AvgIpc) is 2.75. The van der Waals surface area contributed by atoms with Gasteiger partial charge in [-0.25, -0.2) is 15.0 Å². The Balaban J connectivity index is 2.06. The van der Waals surface area contributed by atoms with Crippen molar-refractivity contribution in [2.24, 2.45) is 0 Å². The van der Waals surface area contributed by atoms with Crippen molar-refractivity contribution in [1.29, 1.82) is 0 Å². The van der Waals surface area contributed by atoms with E-state index < -0.39 is 6.10 Å². The molecule has 0 saturated heterocycles. The number of methoxy groups -OCH3 is 1. The molecule has 0 amide bonds. The Hall–Kier alpha value is -1.18. The molecule has 0 radical (unpaired) electrons. The van der Waals surface area contributed by atoms with Crippen LogP contribution in [0.1, 0.15) is 0 Å². The average molecular weight is 240 g/mol. The van der Waals surface area contributed by atoms with Gasteiger partial charge < -0.3 is 14.8 Å². The molecule has 0 aromatic carbocycles. The fourth-order valence-corrected chi connectivity index (χ4v) is 2.13. The van der Waals surface area contributed by atoms with Gasteiger partial charge in [-0.3, -0.25) is 0 Å². The first-order chi connectivity index (χ1) is 7.81. The lowest BCUT2D eigenvalue weighted by Crippen LogP contribution is -2.16. The summed E-state index contributed by atoms with van der Waals surface area (Å²) in [7, 11) is 1.56. The second-order valence-corrected chi connectivity index (χ2v) is 4.21. The van der Waals surface area contributed by atoms with E-state index in [1.807, 2.05) is 0 Å². The Bertz CT molecular complexity index is 461. The number of ether oxygens (including phenoxy) is 1. The van der Waals surface area contributed by atoms with Crippen LogP contribution in [-0.4, -0.2) is 50.6 Å². The van der Waals surface area contributed by atoms with Crippen molar-refractivity contribution in [3.8, 4) is 0 Å². The summed E-state index contributed by atoms with van der Waals surface area (Å²) in [5.41, 5.74) is 1.44. The fraction of sp³-hybridized carbons (Fsp3) is 0.444. The van der Waals surface area contributed by atoms with Gasteiger partial charge in [0.2, 0.25) is 0 Å². The van der Waals surface area contributed by atoms with Gasteiger partial charge in [0.15, 0.2) is 5.65 Å². The van der Waals surface area contributed by atoms with Gasteiger partial charge in [-0.15, -0.1) is 11.8 Å². The highest BCUT2D eigenvalue weighted by Gasteiger charge is 2.09. The molecule has 0 spiro atoms. The highest BCUT2D eigenvalue weighted by molar-refractivity contribution is 7.99. The molecule has 1 atom stereocenters. The summed E-state index contributed by atoms with van der Waals surface area (Å²) in [5.74, 6) is 0.527. The van der Waals surface area contributed by atoms with E-state index in [1.165, 1.54) is 18.1 Å². The zero-order valence-corrected chi connectivity index (χ0v) is 9.57. The van der Waals surface area contributed by atoms with Gasteiger partial charge in [-0.2, -0.15) is 0 Å². The van der Waals surface area contributed by atoms with Crippen molar-refractivity contribution in [2.75, 3.05) is 19.5 Å². The monoisotopic (exact) mass is 240 g/mol. The molecule has 0 aliphatic carbocycles. The topological polar surface area (TPSA) is 83.9 Å². The van der Waals surface area contributed by atoms with Gasteiger partial charge in [0.05, 0.1) is 19.0 Å². The van der Waals surface area contributed by atoms with E-state index >= 15 is 0 Å². The van der Waals surface area contributed by atoms with Crippen LogP contribution in [0.3, 0.4) is 0 Å². The molecule has 0 saturated carbocycles. The summed E-state index contributed by atoms with van der Waals surface area (Å²) in [6.45, 7) is 0.324. The van der Waals surface area contributed by atoms with Crippen LogP contribution in [0.5, 0.6) is 0 Å². The number of thioether (sulfide) groups is 1. The Morgan fingerprint density at radius 3 is 3.19 bits per heavy atom. The minimum Gasteiger partial charge on any atom is -0.390 e. The van der Waals surface area contributed by atoms with E-state index in [1.54, 1.807) is 13.4 Å². The number of aliphatic hydroxyl groups excluding tert-OH is 1. The van der Waals surface area contributed by atoms with E-state index in [0.29, 0.717) is 18.0 Å². The highest BCUT2D eigenvalue weighted by Crippen LogP contribution is 2.22. The molecule has 0 bridgehead atoms. The summed E-state index contributed by atoms with van der Waals surface area (Å²) < 4.78 is 4.85. The third-order valence-corrected chi connectivity index (χ3v) is 3.09. The summed E-state index contributed by atoms with van der Waals surface area (Å²) in [5, 5.41) is 10.3. The predicted octanol–water partition coefficient (Wildman–Crippen LogP) is 0.452. The van der Waals surface area contributed by atoms with Crippen LogP contribution in [0.25, 0.3) is 11.2 Å². The van der Waals surface area contributed by atoms with Crippen LogP contribution in [0.15, 0.2) is 17.7 Å². The number of H-pyrrole nitrogens is 1. The van der Waals surface area contributed by atoms with E-state index in [4.69, 9.17) is 4.74 Å². The normalized spacial score (nSPS) is 13.1. The van der Waals surface area contributed by atoms with Crippen LogP contribution in [0.4, 0.5) is 0 Å². The van der Waals surface area contributed by atoms with Crippen LogP contribution in [0, 0.1) is 0 Å². The SMILES string of the molecule is COCC(O)CSc1ncnc2nc[nH]c12. The fourth-order valence-electron chi connectivity index (χ4n) is 1.27. The third kappa shape index (κ3) is 2.49. The van der Waals surface area contributed by atoms with Gasteiger partial charge in [0.1, 0.15) is 16.9 Å². The number of nitrogens with one attached hydrogen (secondary N) is 1. The van der Waals surface area contributed by atoms with Crippen molar-refractivity contribution < 1.29 is 9.84 Å². The second-order valence-electron chi connectivity index (χ2n) is 3.20. The maximum absolute atomic E-state index is 9.52. The van der Waals surface area contributed by atoms with Crippen molar-refractivity contribution in [3.63, 3.8) is 0 Å².